The van der Waals surface area contributed by atoms with Crippen LogP contribution >= 0.6 is 11.3 Å². The summed E-state index contributed by atoms with van der Waals surface area (Å²) in [6, 6.07) is 3.49. The lowest BCUT2D eigenvalue weighted by Crippen LogP contribution is -2.33. The molecule has 1 aliphatic rings. The highest BCUT2D eigenvalue weighted by atomic mass is 32.1. The molecule has 2 rings (SSSR count). The van der Waals surface area contributed by atoms with E-state index in [9.17, 15) is 14.4 Å². The van der Waals surface area contributed by atoms with Gasteiger partial charge >= 0.3 is 5.97 Å². The summed E-state index contributed by atoms with van der Waals surface area (Å²) in [5.74, 6) is -1.35. The Balaban J connectivity index is 1.71. The second kappa shape index (κ2) is 6.65. The van der Waals surface area contributed by atoms with E-state index in [0.29, 0.717) is 24.1 Å². The lowest BCUT2D eigenvalue weighted by Gasteiger charge is -2.12. The number of ketones is 1. The van der Waals surface area contributed by atoms with Crippen LogP contribution in [0.1, 0.15) is 41.8 Å². The van der Waals surface area contributed by atoms with Gasteiger partial charge in [0, 0.05) is 18.9 Å². The number of amides is 1. The standard InChI is InChI=1S/C14H17NO4S/c16-11(12-2-1-7-20-12)5-6-13(17)15-10-4-3-9(8-10)14(18)19/h1-2,7,9-10H,3-6,8H2,(H,15,17)(H,18,19)/t9-,10+/m0/s1. The molecular formula is C14H17NO4S. The predicted octanol–water partition coefficient (Wildman–Crippen LogP) is 2.08. The zero-order chi connectivity index (χ0) is 14.5. The molecule has 108 valence electrons. The molecule has 1 amide bonds. The Morgan fingerprint density at radius 2 is 2.10 bits per heavy atom. The van der Waals surface area contributed by atoms with Crippen molar-refractivity contribution in [1.29, 1.82) is 0 Å². The van der Waals surface area contributed by atoms with Crippen molar-refractivity contribution in [2.24, 2.45) is 5.92 Å². The first kappa shape index (κ1) is 14.7. The monoisotopic (exact) mass is 295 g/mol. The van der Waals surface area contributed by atoms with Crippen molar-refractivity contribution in [2.45, 2.75) is 38.1 Å². The molecule has 6 heteroatoms. The summed E-state index contributed by atoms with van der Waals surface area (Å²) in [6.07, 6.45) is 2.14. The number of hydrogen-bond acceptors (Lipinski definition) is 4. The van der Waals surface area contributed by atoms with Crippen LogP contribution in [0.4, 0.5) is 0 Å². The SMILES string of the molecule is O=C(CCC(=O)c1cccs1)N[C@@H]1CC[C@H](C(=O)O)C1. The first-order valence-corrected chi connectivity index (χ1v) is 7.53. The molecule has 1 aromatic rings. The highest BCUT2D eigenvalue weighted by Crippen LogP contribution is 2.25. The van der Waals surface area contributed by atoms with Crippen molar-refractivity contribution in [1.82, 2.24) is 5.32 Å². The van der Waals surface area contributed by atoms with Crippen molar-refractivity contribution in [3.05, 3.63) is 22.4 Å². The number of carbonyl (C=O) groups is 3. The lowest BCUT2D eigenvalue weighted by molar-refractivity contribution is -0.141. The van der Waals surface area contributed by atoms with Crippen LogP contribution in [0, 0.1) is 5.92 Å². The third-order valence-electron chi connectivity index (χ3n) is 3.52. The largest absolute Gasteiger partial charge is 0.481 e. The zero-order valence-electron chi connectivity index (χ0n) is 11.0. The molecule has 1 aliphatic carbocycles. The fourth-order valence-electron chi connectivity index (χ4n) is 2.42. The van der Waals surface area contributed by atoms with Crippen LogP contribution in [0.5, 0.6) is 0 Å². The number of nitrogens with one attached hydrogen (secondary N) is 1. The Morgan fingerprint density at radius 1 is 1.30 bits per heavy atom. The van der Waals surface area contributed by atoms with Gasteiger partial charge < -0.3 is 10.4 Å². The van der Waals surface area contributed by atoms with Crippen LogP contribution < -0.4 is 5.32 Å². The zero-order valence-corrected chi connectivity index (χ0v) is 11.8. The van der Waals surface area contributed by atoms with Crippen LogP contribution in [-0.2, 0) is 9.59 Å². The van der Waals surface area contributed by atoms with Gasteiger partial charge in [0.25, 0.3) is 0 Å². The maximum absolute atomic E-state index is 11.7. The molecule has 0 radical (unpaired) electrons. The number of thiophene rings is 1. The van der Waals surface area contributed by atoms with Crippen LogP contribution in [0.25, 0.3) is 0 Å². The third kappa shape index (κ3) is 3.90. The van der Waals surface area contributed by atoms with Gasteiger partial charge in [0.15, 0.2) is 5.78 Å². The molecule has 1 aromatic heterocycles. The molecule has 0 aromatic carbocycles. The van der Waals surface area contributed by atoms with E-state index in [1.807, 2.05) is 11.4 Å². The minimum absolute atomic E-state index is 0.0232. The van der Waals surface area contributed by atoms with Gasteiger partial charge in [0.2, 0.25) is 5.91 Å². The Kier molecular flexibility index (Phi) is 4.89. The average molecular weight is 295 g/mol. The molecule has 0 spiro atoms. The minimum Gasteiger partial charge on any atom is -0.481 e. The van der Waals surface area contributed by atoms with E-state index in [2.05, 4.69) is 5.32 Å². The van der Waals surface area contributed by atoms with Crippen LogP contribution in [-0.4, -0.2) is 28.8 Å². The van der Waals surface area contributed by atoms with Crippen LogP contribution in [0.2, 0.25) is 0 Å². The number of hydrogen-bond donors (Lipinski definition) is 2. The lowest BCUT2D eigenvalue weighted by atomic mass is 10.1. The average Bonchev–Trinajstić information content (AvgIpc) is 3.06. The fraction of sp³-hybridized carbons (Fsp3) is 0.500. The van der Waals surface area contributed by atoms with Gasteiger partial charge in [-0.05, 0) is 30.7 Å². The number of Topliss-reactive ketones (excluding diaryl/α,β-unsaturated/α-hetero) is 1. The second-order valence-electron chi connectivity index (χ2n) is 5.01. The van der Waals surface area contributed by atoms with Gasteiger partial charge in [-0.15, -0.1) is 11.3 Å². The molecular weight excluding hydrogens is 278 g/mol. The molecule has 1 heterocycles. The van der Waals surface area contributed by atoms with Gasteiger partial charge in [0.1, 0.15) is 0 Å². The van der Waals surface area contributed by atoms with E-state index in [-0.39, 0.29) is 36.5 Å². The molecule has 0 bridgehead atoms. The maximum atomic E-state index is 11.7. The van der Waals surface area contributed by atoms with Crippen molar-refractivity contribution in [3.8, 4) is 0 Å². The smallest absolute Gasteiger partial charge is 0.306 e. The number of rotatable bonds is 6. The highest BCUT2D eigenvalue weighted by Gasteiger charge is 2.30. The van der Waals surface area contributed by atoms with Gasteiger partial charge in [-0.3, -0.25) is 14.4 Å². The number of aliphatic carboxylic acids is 1. The van der Waals surface area contributed by atoms with Gasteiger partial charge in [0.05, 0.1) is 10.8 Å². The van der Waals surface area contributed by atoms with Crippen LogP contribution in [0.15, 0.2) is 17.5 Å². The Hall–Kier alpha value is -1.69. The third-order valence-corrected chi connectivity index (χ3v) is 4.43. The topological polar surface area (TPSA) is 83.5 Å². The number of carboxylic acids is 1. The normalized spacial score (nSPS) is 21.6. The van der Waals surface area contributed by atoms with E-state index in [0.717, 1.165) is 0 Å². The van der Waals surface area contributed by atoms with E-state index in [1.54, 1.807) is 6.07 Å². The van der Waals surface area contributed by atoms with E-state index < -0.39 is 5.97 Å². The molecule has 1 saturated carbocycles. The summed E-state index contributed by atoms with van der Waals surface area (Å²) in [5.41, 5.74) is 0. The van der Waals surface area contributed by atoms with Gasteiger partial charge in [-0.2, -0.15) is 0 Å². The number of carbonyl (C=O) groups excluding carboxylic acids is 2. The summed E-state index contributed by atoms with van der Waals surface area (Å²) in [5, 5.41) is 13.5. The summed E-state index contributed by atoms with van der Waals surface area (Å²) < 4.78 is 0. The molecule has 5 nitrogen and oxygen atoms in total. The quantitative estimate of drug-likeness (QED) is 0.787. The van der Waals surface area contributed by atoms with Crippen molar-refractivity contribution >= 4 is 29.0 Å². The first-order chi connectivity index (χ1) is 9.56. The van der Waals surface area contributed by atoms with E-state index in [4.69, 9.17) is 5.11 Å². The first-order valence-electron chi connectivity index (χ1n) is 6.65. The van der Waals surface area contributed by atoms with Crippen LogP contribution in [0.3, 0.4) is 0 Å². The molecule has 2 N–H and O–H groups in total. The molecule has 20 heavy (non-hydrogen) atoms. The fourth-order valence-corrected chi connectivity index (χ4v) is 3.12. The molecule has 2 atom stereocenters. The van der Waals surface area contributed by atoms with Gasteiger partial charge in [-0.1, -0.05) is 6.07 Å². The summed E-state index contributed by atoms with van der Waals surface area (Å²) in [7, 11) is 0. The Morgan fingerprint density at radius 3 is 2.70 bits per heavy atom. The van der Waals surface area contributed by atoms with Crippen molar-refractivity contribution < 1.29 is 19.5 Å². The van der Waals surface area contributed by atoms with Gasteiger partial charge in [-0.25, -0.2) is 0 Å². The number of carboxylic acid groups (broad SMARTS) is 1. The maximum Gasteiger partial charge on any atom is 0.306 e. The molecule has 0 unspecified atom stereocenters. The predicted molar refractivity (Wildman–Crippen MR) is 74.8 cm³/mol. The van der Waals surface area contributed by atoms with Crippen molar-refractivity contribution in [3.63, 3.8) is 0 Å². The Labute approximate surface area is 121 Å². The highest BCUT2D eigenvalue weighted by molar-refractivity contribution is 7.12. The summed E-state index contributed by atoms with van der Waals surface area (Å²) >= 11 is 1.37. The molecule has 0 aliphatic heterocycles. The second-order valence-corrected chi connectivity index (χ2v) is 5.96. The molecule has 0 saturated heterocycles. The van der Waals surface area contributed by atoms with E-state index >= 15 is 0 Å². The summed E-state index contributed by atoms with van der Waals surface area (Å²) in [6.45, 7) is 0. The minimum atomic E-state index is -0.797. The van der Waals surface area contributed by atoms with E-state index in [1.165, 1.54) is 11.3 Å². The summed E-state index contributed by atoms with van der Waals surface area (Å²) in [4.78, 5) is 35.0. The Bertz CT molecular complexity index is 497. The van der Waals surface area contributed by atoms with Crippen molar-refractivity contribution in [2.75, 3.05) is 0 Å². The molecule has 1 fully saturated rings.